The van der Waals surface area contributed by atoms with Gasteiger partial charge in [-0.3, -0.25) is 0 Å². The Kier molecular flexibility index (Phi) is 3.63. The Labute approximate surface area is 107 Å². The highest BCUT2D eigenvalue weighted by Crippen LogP contribution is 2.27. The summed E-state index contributed by atoms with van der Waals surface area (Å²) in [6.07, 6.45) is 0. The normalized spacial score (nSPS) is 11.3. The van der Waals surface area contributed by atoms with Crippen molar-refractivity contribution >= 4 is 17.1 Å². The van der Waals surface area contributed by atoms with Crippen molar-refractivity contribution in [2.45, 2.75) is 6.92 Å². The minimum absolute atomic E-state index is 0.605. The molecule has 0 saturated heterocycles. The predicted octanol–water partition coefficient (Wildman–Crippen LogP) is 3.65. The second-order valence-corrected chi connectivity index (χ2v) is 4.10. The number of para-hydroxylation sites is 2. The first-order valence-corrected chi connectivity index (χ1v) is 5.81. The standard InChI is InChI=1S/C15H16N2O/c1-12(16-18)14-10-6-7-11-15(14)17(2)13-8-4-3-5-9-13/h3-11,18H,1-2H3/b16-12+. The second kappa shape index (κ2) is 5.36. The SMILES string of the molecule is C/C(=N\O)c1ccccc1N(C)c1ccccc1. The Bertz CT molecular complexity index is 549. The molecule has 0 aliphatic heterocycles. The van der Waals surface area contributed by atoms with Crippen LogP contribution in [-0.4, -0.2) is 18.0 Å². The largest absolute Gasteiger partial charge is 0.411 e. The summed E-state index contributed by atoms with van der Waals surface area (Å²) in [6, 6.07) is 18.0. The number of nitrogens with zero attached hydrogens (tertiary/aromatic N) is 2. The molecular weight excluding hydrogens is 224 g/mol. The van der Waals surface area contributed by atoms with Crippen molar-refractivity contribution in [2.24, 2.45) is 5.16 Å². The first-order chi connectivity index (χ1) is 8.74. The molecule has 3 nitrogen and oxygen atoms in total. The molecule has 0 aliphatic rings. The molecule has 0 amide bonds. The van der Waals surface area contributed by atoms with Gasteiger partial charge in [-0.05, 0) is 25.1 Å². The third kappa shape index (κ3) is 2.35. The van der Waals surface area contributed by atoms with Gasteiger partial charge in [-0.2, -0.15) is 0 Å². The van der Waals surface area contributed by atoms with E-state index in [1.165, 1.54) is 0 Å². The van der Waals surface area contributed by atoms with E-state index in [-0.39, 0.29) is 0 Å². The number of anilines is 2. The minimum atomic E-state index is 0.605. The molecule has 0 radical (unpaired) electrons. The van der Waals surface area contributed by atoms with Crippen molar-refractivity contribution in [3.8, 4) is 0 Å². The van der Waals surface area contributed by atoms with Gasteiger partial charge in [0.25, 0.3) is 0 Å². The average Bonchev–Trinajstić information content (AvgIpc) is 2.46. The average molecular weight is 240 g/mol. The van der Waals surface area contributed by atoms with Crippen LogP contribution in [0.1, 0.15) is 12.5 Å². The maximum atomic E-state index is 8.93. The molecule has 1 N–H and O–H groups in total. The zero-order valence-electron chi connectivity index (χ0n) is 10.5. The maximum Gasteiger partial charge on any atom is 0.0857 e. The van der Waals surface area contributed by atoms with Gasteiger partial charge in [0, 0.05) is 18.3 Å². The zero-order valence-corrected chi connectivity index (χ0v) is 10.5. The summed E-state index contributed by atoms with van der Waals surface area (Å²) in [5.41, 5.74) is 3.63. The zero-order chi connectivity index (χ0) is 13.0. The van der Waals surface area contributed by atoms with Gasteiger partial charge in [-0.1, -0.05) is 41.6 Å². The maximum absolute atomic E-state index is 8.93. The fourth-order valence-corrected chi connectivity index (χ4v) is 1.92. The van der Waals surface area contributed by atoms with E-state index in [0.717, 1.165) is 16.9 Å². The van der Waals surface area contributed by atoms with Crippen molar-refractivity contribution < 1.29 is 5.21 Å². The molecule has 0 atom stereocenters. The molecule has 3 heteroatoms. The van der Waals surface area contributed by atoms with Crippen molar-refractivity contribution in [3.05, 3.63) is 60.2 Å². The Morgan fingerprint density at radius 1 is 1.00 bits per heavy atom. The lowest BCUT2D eigenvalue weighted by Crippen LogP contribution is -2.13. The van der Waals surface area contributed by atoms with Crippen LogP contribution in [0.25, 0.3) is 0 Å². The molecule has 2 aromatic rings. The molecule has 0 spiro atoms. The molecule has 2 rings (SSSR count). The van der Waals surface area contributed by atoms with Gasteiger partial charge in [-0.15, -0.1) is 0 Å². The Morgan fingerprint density at radius 3 is 2.28 bits per heavy atom. The summed E-state index contributed by atoms with van der Waals surface area (Å²) in [7, 11) is 2.00. The molecule has 0 saturated carbocycles. The van der Waals surface area contributed by atoms with E-state index in [1.54, 1.807) is 6.92 Å². The second-order valence-electron chi connectivity index (χ2n) is 4.10. The molecular formula is C15H16N2O. The minimum Gasteiger partial charge on any atom is -0.411 e. The monoisotopic (exact) mass is 240 g/mol. The molecule has 2 aromatic carbocycles. The summed E-state index contributed by atoms with van der Waals surface area (Å²) < 4.78 is 0. The molecule has 0 aromatic heterocycles. The van der Waals surface area contributed by atoms with Gasteiger partial charge < -0.3 is 10.1 Å². The quantitative estimate of drug-likeness (QED) is 0.505. The van der Waals surface area contributed by atoms with Crippen molar-refractivity contribution in [2.75, 3.05) is 11.9 Å². The first kappa shape index (κ1) is 12.2. The Hall–Kier alpha value is -2.29. The highest BCUT2D eigenvalue weighted by molar-refractivity contribution is 6.03. The van der Waals surface area contributed by atoms with Crippen molar-refractivity contribution in [1.82, 2.24) is 0 Å². The molecule has 0 bridgehead atoms. The molecule has 0 heterocycles. The van der Waals surface area contributed by atoms with Crippen LogP contribution in [0.4, 0.5) is 11.4 Å². The molecule has 0 aliphatic carbocycles. The molecule has 18 heavy (non-hydrogen) atoms. The van der Waals surface area contributed by atoms with E-state index in [4.69, 9.17) is 5.21 Å². The van der Waals surface area contributed by atoms with Crippen molar-refractivity contribution in [3.63, 3.8) is 0 Å². The fraction of sp³-hybridized carbons (Fsp3) is 0.133. The third-order valence-electron chi connectivity index (χ3n) is 2.95. The van der Waals surface area contributed by atoms with Gasteiger partial charge in [0.15, 0.2) is 0 Å². The highest BCUT2D eigenvalue weighted by Gasteiger charge is 2.10. The first-order valence-electron chi connectivity index (χ1n) is 5.81. The van der Waals surface area contributed by atoms with Crippen LogP contribution in [0.5, 0.6) is 0 Å². The third-order valence-corrected chi connectivity index (χ3v) is 2.95. The smallest absolute Gasteiger partial charge is 0.0857 e. The summed E-state index contributed by atoms with van der Waals surface area (Å²) >= 11 is 0. The van der Waals surface area contributed by atoms with Gasteiger partial charge in [0.05, 0.1) is 11.4 Å². The topological polar surface area (TPSA) is 35.8 Å². The van der Waals surface area contributed by atoms with E-state index in [2.05, 4.69) is 10.1 Å². The Balaban J connectivity index is 2.46. The van der Waals surface area contributed by atoms with Crippen LogP contribution >= 0.6 is 0 Å². The number of hydrogen-bond acceptors (Lipinski definition) is 3. The van der Waals surface area contributed by atoms with Crippen LogP contribution < -0.4 is 4.90 Å². The van der Waals surface area contributed by atoms with Crippen molar-refractivity contribution in [1.29, 1.82) is 0 Å². The van der Waals surface area contributed by atoms with Crippen LogP contribution in [-0.2, 0) is 0 Å². The Morgan fingerprint density at radius 2 is 1.61 bits per heavy atom. The van der Waals surface area contributed by atoms with E-state index < -0.39 is 0 Å². The number of rotatable bonds is 3. The summed E-state index contributed by atoms with van der Waals surface area (Å²) in [6.45, 7) is 1.79. The highest BCUT2D eigenvalue weighted by atomic mass is 16.4. The predicted molar refractivity (Wildman–Crippen MR) is 74.9 cm³/mol. The van der Waals surface area contributed by atoms with Gasteiger partial charge in [0.1, 0.15) is 0 Å². The lowest BCUT2D eigenvalue weighted by atomic mass is 10.1. The molecule has 0 unspecified atom stereocenters. The van der Waals surface area contributed by atoms with E-state index >= 15 is 0 Å². The number of benzene rings is 2. The van der Waals surface area contributed by atoms with Gasteiger partial charge in [-0.25, -0.2) is 0 Å². The van der Waals surface area contributed by atoms with E-state index in [1.807, 2.05) is 61.6 Å². The summed E-state index contributed by atoms with van der Waals surface area (Å²) in [5.74, 6) is 0. The molecule has 92 valence electrons. The van der Waals surface area contributed by atoms with E-state index in [9.17, 15) is 0 Å². The van der Waals surface area contributed by atoms with Crippen LogP contribution in [0.15, 0.2) is 59.8 Å². The number of hydrogen-bond donors (Lipinski definition) is 1. The summed E-state index contributed by atoms with van der Waals surface area (Å²) in [5, 5.41) is 12.2. The number of oxime groups is 1. The lowest BCUT2D eigenvalue weighted by molar-refractivity contribution is 0.319. The van der Waals surface area contributed by atoms with Crippen LogP contribution in [0.2, 0.25) is 0 Å². The molecule has 0 fully saturated rings. The fourth-order valence-electron chi connectivity index (χ4n) is 1.92. The van der Waals surface area contributed by atoms with E-state index in [0.29, 0.717) is 5.71 Å². The van der Waals surface area contributed by atoms with Crippen LogP contribution in [0, 0.1) is 0 Å². The van der Waals surface area contributed by atoms with Crippen LogP contribution in [0.3, 0.4) is 0 Å². The van der Waals surface area contributed by atoms with Gasteiger partial charge in [0.2, 0.25) is 0 Å². The lowest BCUT2D eigenvalue weighted by Gasteiger charge is -2.22. The van der Waals surface area contributed by atoms with Gasteiger partial charge >= 0.3 is 0 Å². The summed E-state index contributed by atoms with van der Waals surface area (Å²) in [4.78, 5) is 2.07.